The summed E-state index contributed by atoms with van der Waals surface area (Å²) in [6.07, 6.45) is 3.70. The number of hydrogen-bond donors (Lipinski definition) is 0. The molecule has 0 aromatic heterocycles. The molecule has 0 saturated heterocycles. The standard InChI is InChI=1S/C25H42NO3Si.Li/c1-18(2)26(19(3)4)24(27)28-22-15-16-23(29-30(8,9)25(5,6)7)21(22)17-20-13-11-10-12-14-20;/h10-14,17-19,21-23H,15-16H2,1-9H3;/q-1;+1/t21-,22+,23-;/m0./s1. The predicted molar refractivity (Wildman–Crippen MR) is 127 cm³/mol. The molecule has 2 rings (SSSR count). The molecule has 0 N–H and O–H groups in total. The van der Waals surface area contributed by atoms with E-state index >= 15 is 0 Å². The normalized spacial score (nSPS) is 21.7. The van der Waals surface area contributed by atoms with Crippen LogP contribution in [0.15, 0.2) is 30.3 Å². The zero-order valence-electron chi connectivity index (χ0n) is 21.4. The maximum absolute atomic E-state index is 13.0. The Labute approximate surface area is 203 Å². The van der Waals surface area contributed by atoms with Gasteiger partial charge in [-0.25, -0.2) is 4.79 Å². The molecular weight excluding hydrogens is 397 g/mol. The van der Waals surface area contributed by atoms with Crippen LogP contribution in [0.25, 0.3) is 0 Å². The Morgan fingerprint density at radius 1 is 1.03 bits per heavy atom. The quantitative estimate of drug-likeness (QED) is 0.481. The molecule has 31 heavy (non-hydrogen) atoms. The van der Waals surface area contributed by atoms with Crippen LogP contribution in [0.2, 0.25) is 18.1 Å². The Kier molecular flexibility index (Phi) is 10.3. The second-order valence-corrected chi connectivity index (χ2v) is 15.4. The van der Waals surface area contributed by atoms with E-state index in [1.54, 1.807) is 0 Å². The van der Waals surface area contributed by atoms with Crippen molar-refractivity contribution in [1.82, 2.24) is 4.90 Å². The molecule has 0 aliphatic heterocycles. The molecule has 1 aliphatic rings. The van der Waals surface area contributed by atoms with Crippen molar-refractivity contribution in [3.8, 4) is 0 Å². The number of ether oxygens (including phenoxy) is 1. The molecule has 0 spiro atoms. The first-order chi connectivity index (χ1) is 13.8. The van der Waals surface area contributed by atoms with Crippen molar-refractivity contribution in [3.05, 3.63) is 42.3 Å². The minimum atomic E-state index is -1.93. The van der Waals surface area contributed by atoms with Gasteiger partial charge in [-0.05, 0) is 64.6 Å². The smallest absolute Gasteiger partial charge is 0.446 e. The summed E-state index contributed by atoms with van der Waals surface area (Å²) in [7, 11) is -1.93. The van der Waals surface area contributed by atoms with Crippen LogP contribution in [0.3, 0.4) is 0 Å². The van der Waals surface area contributed by atoms with E-state index in [1.807, 2.05) is 50.8 Å². The van der Waals surface area contributed by atoms with Gasteiger partial charge in [0.25, 0.3) is 0 Å². The van der Waals surface area contributed by atoms with Crippen molar-refractivity contribution in [2.24, 2.45) is 5.92 Å². The average Bonchev–Trinajstić information content (AvgIpc) is 2.95. The maximum atomic E-state index is 13.0. The number of nitrogens with zero attached hydrogens (tertiary/aromatic N) is 1. The number of benzene rings is 1. The van der Waals surface area contributed by atoms with E-state index in [4.69, 9.17) is 9.16 Å². The molecule has 1 amide bonds. The number of carbonyl (C=O) groups is 1. The summed E-state index contributed by atoms with van der Waals surface area (Å²) in [4.78, 5) is 14.8. The Hall–Kier alpha value is -0.866. The Balaban J connectivity index is 0.00000480. The minimum absolute atomic E-state index is 0. The molecule has 1 fully saturated rings. The van der Waals surface area contributed by atoms with Crippen LogP contribution in [0.1, 0.15) is 66.9 Å². The zero-order valence-corrected chi connectivity index (χ0v) is 22.4. The number of rotatable bonds is 7. The Morgan fingerprint density at radius 3 is 2.03 bits per heavy atom. The second kappa shape index (κ2) is 11.3. The molecule has 3 atom stereocenters. The number of hydrogen-bond acceptors (Lipinski definition) is 3. The van der Waals surface area contributed by atoms with Crippen molar-refractivity contribution >= 4 is 14.4 Å². The fourth-order valence-corrected chi connectivity index (χ4v) is 5.38. The summed E-state index contributed by atoms with van der Waals surface area (Å²) in [5.74, 6) is 0.0617. The fourth-order valence-electron chi connectivity index (χ4n) is 3.99. The van der Waals surface area contributed by atoms with Gasteiger partial charge in [0.2, 0.25) is 0 Å². The fraction of sp³-hybridized carbons (Fsp3) is 0.680. The summed E-state index contributed by atoms with van der Waals surface area (Å²) in [6, 6.07) is 10.5. The first-order valence-corrected chi connectivity index (χ1v) is 14.3. The van der Waals surface area contributed by atoms with E-state index in [0.717, 1.165) is 18.4 Å². The first kappa shape index (κ1) is 28.2. The van der Waals surface area contributed by atoms with Crippen LogP contribution in [0, 0.1) is 12.3 Å². The predicted octanol–water partition coefficient (Wildman–Crippen LogP) is 3.67. The molecular formula is C25H42LiNO3Si. The van der Waals surface area contributed by atoms with Gasteiger partial charge in [-0.2, -0.15) is 24.1 Å². The molecule has 4 nitrogen and oxygen atoms in total. The monoisotopic (exact) mass is 439 g/mol. The molecule has 1 aromatic carbocycles. The molecule has 0 bridgehead atoms. The Bertz CT molecular complexity index is 680. The van der Waals surface area contributed by atoms with Crippen LogP contribution < -0.4 is 18.9 Å². The van der Waals surface area contributed by atoms with Gasteiger partial charge in [0, 0.05) is 18.2 Å². The van der Waals surface area contributed by atoms with Gasteiger partial charge in [-0.15, -0.1) is 12.1 Å². The molecule has 0 unspecified atom stereocenters. The topological polar surface area (TPSA) is 38.8 Å². The number of carbonyl (C=O) groups excluding carboxylic acids is 1. The van der Waals surface area contributed by atoms with Crippen molar-refractivity contribution in [2.45, 2.75) is 104 Å². The molecule has 1 saturated carbocycles. The summed E-state index contributed by atoms with van der Waals surface area (Å²) in [6.45, 7) is 19.5. The summed E-state index contributed by atoms with van der Waals surface area (Å²) < 4.78 is 12.9. The van der Waals surface area contributed by atoms with E-state index in [1.165, 1.54) is 0 Å². The van der Waals surface area contributed by atoms with Crippen molar-refractivity contribution in [1.29, 1.82) is 0 Å². The van der Waals surface area contributed by atoms with Crippen LogP contribution in [0.5, 0.6) is 0 Å². The van der Waals surface area contributed by atoms with Crippen LogP contribution in [0.4, 0.5) is 4.79 Å². The van der Waals surface area contributed by atoms with Gasteiger partial charge in [-0.1, -0.05) is 26.8 Å². The van der Waals surface area contributed by atoms with Gasteiger partial charge in [0.15, 0.2) is 8.32 Å². The molecule has 1 aliphatic carbocycles. The molecule has 170 valence electrons. The molecule has 0 heterocycles. The van der Waals surface area contributed by atoms with Gasteiger partial charge >= 0.3 is 25.0 Å². The minimum Gasteiger partial charge on any atom is -0.446 e. The van der Waals surface area contributed by atoms with Gasteiger partial charge in [-0.3, -0.25) is 0 Å². The van der Waals surface area contributed by atoms with Crippen molar-refractivity contribution in [3.63, 3.8) is 0 Å². The van der Waals surface area contributed by atoms with Gasteiger partial charge in [0.05, 0.1) is 0 Å². The van der Waals surface area contributed by atoms with Gasteiger partial charge < -0.3 is 14.1 Å². The average molecular weight is 440 g/mol. The summed E-state index contributed by atoms with van der Waals surface area (Å²) in [5, 5.41) is 0.144. The molecule has 6 heteroatoms. The zero-order chi connectivity index (χ0) is 22.7. The SMILES string of the molecule is CC(C)N(C(=O)O[C@@H]1CC[C@H](O[Si](C)(C)C(C)(C)C)[C@H]1[CH-]c1ccccc1)C(C)C.[Li+]. The molecule has 1 aromatic rings. The second-order valence-electron chi connectivity index (χ2n) is 10.7. The van der Waals surface area contributed by atoms with Crippen molar-refractivity contribution in [2.75, 3.05) is 0 Å². The number of amides is 1. The maximum Gasteiger partial charge on any atom is 1.00 e. The van der Waals surface area contributed by atoms with E-state index in [-0.39, 0.29) is 60.2 Å². The largest absolute Gasteiger partial charge is 1.00 e. The third-order valence-electron chi connectivity index (χ3n) is 6.61. The molecule has 0 radical (unpaired) electrons. The third kappa shape index (κ3) is 7.32. The van der Waals surface area contributed by atoms with Crippen molar-refractivity contribution < 1.29 is 32.8 Å². The van der Waals surface area contributed by atoms with E-state index in [9.17, 15) is 4.79 Å². The first-order valence-electron chi connectivity index (χ1n) is 11.4. The third-order valence-corrected chi connectivity index (χ3v) is 11.1. The van der Waals surface area contributed by atoms with Crippen LogP contribution in [-0.2, 0) is 9.16 Å². The van der Waals surface area contributed by atoms with E-state index in [2.05, 4.69) is 52.4 Å². The van der Waals surface area contributed by atoms with Gasteiger partial charge in [0.1, 0.15) is 6.10 Å². The summed E-state index contributed by atoms with van der Waals surface area (Å²) in [5.41, 5.74) is 1.15. The Morgan fingerprint density at radius 2 is 1.55 bits per heavy atom. The van der Waals surface area contributed by atoms with Crippen LogP contribution in [-0.4, -0.2) is 43.6 Å². The van der Waals surface area contributed by atoms with E-state index in [0.29, 0.717) is 0 Å². The van der Waals surface area contributed by atoms with Crippen LogP contribution >= 0.6 is 0 Å². The van der Waals surface area contributed by atoms with E-state index < -0.39 is 8.32 Å². The summed E-state index contributed by atoms with van der Waals surface area (Å²) >= 11 is 0.